The maximum Gasteiger partial charge on any atom is 0 e. The topological polar surface area (TPSA) is 95.2 Å². The fourth-order valence-electron chi connectivity index (χ4n) is 1.72. The number of hydrogen-bond acceptors (Lipinski definition) is 3. The van der Waals surface area contributed by atoms with E-state index >= 15 is 0 Å². The first-order chi connectivity index (χ1) is 9.27. The maximum absolute atomic E-state index is 11.4. The van der Waals surface area contributed by atoms with Gasteiger partial charge in [0.05, 0.1) is 19.1 Å². The van der Waals surface area contributed by atoms with Crippen LogP contribution in [0.3, 0.4) is 0 Å². The monoisotopic (exact) mass is 320 g/mol. The number of esters is 1. The molecule has 0 radical (unpaired) electrons. The first-order valence-electron chi connectivity index (χ1n) is 4.99. The molecule has 1 unspecified atom stereocenters. The van der Waals surface area contributed by atoms with Crippen LogP contribution in [0.15, 0.2) is 24.0 Å². The van der Waals surface area contributed by atoms with E-state index in [2.05, 4.69) is 20.0 Å². The average molecular weight is 320 g/mol. The quantitative estimate of drug-likeness (QED) is 0.315. The smallest absolute Gasteiger partial charge is 0 e. The summed E-state index contributed by atoms with van der Waals surface area (Å²) in [5, 5.41) is 0. The van der Waals surface area contributed by atoms with Crippen molar-refractivity contribution in [2.45, 2.75) is 12.8 Å². The molecule has 1 aliphatic heterocycles. The van der Waals surface area contributed by atoms with E-state index in [0.29, 0.717) is 13.0 Å². The first-order valence-corrected chi connectivity index (χ1v) is 4.99. The molecule has 108 valence electrons. The Morgan fingerprint density at radius 1 is 1.25 bits per heavy atom. The van der Waals surface area contributed by atoms with Crippen molar-refractivity contribution in [1.29, 1.82) is 0 Å². The molecular weight excluding hydrogens is 308 g/mol. The second-order valence-electron chi connectivity index (χ2n) is 3.39. The van der Waals surface area contributed by atoms with Crippen LogP contribution in [0.4, 0.5) is 0 Å². The van der Waals surface area contributed by atoms with Gasteiger partial charge in [-0.3, -0.25) is 4.79 Å². The minimum atomic E-state index is -0.387. The fourth-order valence-corrected chi connectivity index (χ4v) is 1.72. The van der Waals surface area contributed by atoms with E-state index in [-0.39, 0.29) is 28.5 Å². The molecule has 0 bridgehead atoms. The molecule has 0 aromatic rings. The van der Waals surface area contributed by atoms with Crippen molar-refractivity contribution in [2.24, 2.45) is 5.41 Å². The SMILES string of the molecule is COC1=CCC2(C=C1)CCOC2=O.[C-]#[O+].[C-]#[O+].[C-]#[O+].[Fe]. The second kappa shape index (κ2) is 13.9. The van der Waals surface area contributed by atoms with Gasteiger partial charge in [-0.1, -0.05) is 6.08 Å². The summed E-state index contributed by atoms with van der Waals surface area (Å²) in [5.41, 5.74) is -0.387. The van der Waals surface area contributed by atoms with Crippen molar-refractivity contribution >= 4 is 5.97 Å². The van der Waals surface area contributed by atoms with Crippen LogP contribution in [0.25, 0.3) is 0 Å². The van der Waals surface area contributed by atoms with Gasteiger partial charge in [-0.25, -0.2) is 0 Å². The first kappa shape index (κ1) is 23.6. The number of carbonyl (C=O) groups is 1. The van der Waals surface area contributed by atoms with Crippen LogP contribution in [-0.2, 0) is 45.3 Å². The van der Waals surface area contributed by atoms with Gasteiger partial charge in [0.1, 0.15) is 5.76 Å². The van der Waals surface area contributed by atoms with Crippen molar-refractivity contribution in [1.82, 2.24) is 0 Å². The number of carbonyl (C=O) groups excluding carboxylic acids is 1. The normalized spacial score (nSPS) is 20.9. The summed E-state index contributed by atoms with van der Waals surface area (Å²) in [5.74, 6) is 0.723. The molecule has 0 aromatic carbocycles. The predicted molar refractivity (Wildman–Crippen MR) is 58.6 cm³/mol. The van der Waals surface area contributed by atoms with Crippen LogP contribution >= 0.6 is 0 Å². The van der Waals surface area contributed by atoms with E-state index in [9.17, 15) is 4.79 Å². The Morgan fingerprint density at radius 2 is 1.80 bits per heavy atom. The molecule has 2 aliphatic rings. The van der Waals surface area contributed by atoms with E-state index < -0.39 is 0 Å². The third-order valence-corrected chi connectivity index (χ3v) is 2.66. The summed E-state index contributed by atoms with van der Waals surface area (Å²) in [6.07, 6.45) is 7.17. The molecule has 1 spiro atoms. The number of allylic oxidation sites excluding steroid dienone is 2. The van der Waals surface area contributed by atoms with Gasteiger partial charge >= 0.3 is 39.9 Å². The minimum absolute atomic E-state index is 0. The maximum atomic E-state index is 11.4. The van der Waals surface area contributed by atoms with Crippen molar-refractivity contribution in [3.63, 3.8) is 0 Å². The van der Waals surface area contributed by atoms with Gasteiger partial charge in [-0.05, 0) is 18.6 Å². The Bertz CT molecular complexity index is 393. The summed E-state index contributed by atoms with van der Waals surface area (Å²) >= 11 is 0. The molecule has 1 heterocycles. The molecule has 20 heavy (non-hydrogen) atoms. The van der Waals surface area contributed by atoms with Crippen molar-refractivity contribution in [3.05, 3.63) is 43.9 Å². The van der Waals surface area contributed by atoms with E-state index in [0.717, 1.165) is 12.2 Å². The van der Waals surface area contributed by atoms with Crippen LogP contribution in [0, 0.1) is 25.4 Å². The van der Waals surface area contributed by atoms with Gasteiger partial charge in [0.25, 0.3) is 0 Å². The van der Waals surface area contributed by atoms with Crippen molar-refractivity contribution in [2.75, 3.05) is 13.7 Å². The van der Waals surface area contributed by atoms with Gasteiger partial charge in [-0.2, -0.15) is 0 Å². The zero-order chi connectivity index (χ0) is 15.3. The zero-order valence-corrected chi connectivity index (χ0v) is 11.8. The molecule has 6 nitrogen and oxygen atoms in total. The van der Waals surface area contributed by atoms with Crippen molar-refractivity contribution in [3.8, 4) is 0 Å². The van der Waals surface area contributed by atoms with E-state index in [4.69, 9.17) is 23.4 Å². The van der Waals surface area contributed by atoms with Crippen LogP contribution < -0.4 is 0 Å². The van der Waals surface area contributed by atoms with Crippen molar-refractivity contribution < 1.29 is 45.3 Å². The molecule has 0 amide bonds. The number of rotatable bonds is 1. The van der Waals surface area contributed by atoms with Crippen LogP contribution in [0.5, 0.6) is 0 Å². The van der Waals surface area contributed by atoms with Gasteiger partial charge in [0.15, 0.2) is 0 Å². The Balaban J connectivity index is -0.000000368. The summed E-state index contributed by atoms with van der Waals surface area (Å²) in [4.78, 5) is 11.4. The predicted octanol–water partition coefficient (Wildman–Crippen LogP) is 1.29. The molecule has 7 heteroatoms. The molecule has 2 rings (SSSR count). The Kier molecular flexibility index (Phi) is 16.4. The number of cyclic esters (lactones) is 1. The second-order valence-corrected chi connectivity index (χ2v) is 3.39. The molecule has 0 N–H and O–H groups in total. The van der Waals surface area contributed by atoms with Crippen LogP contribution in [-0.4, -0.2) is 19.7 Å². The number of hydrogen-bond donors (Lipinski definition) is 0. The van der Waals surface area contributed by atoms with E-state index in [1.807, 2.05) is 18.2 Å². The summed E-state index contributed by atoms with van der Waals surface area (Å²) in [6, 6.07) is 0. The molecule has 1 saturated heterocycles. The largest absolute Gasteiger partial charge is 0 e. The Labute approximate surface area is 127 Å². The summed E-state index contributed by atoms with van der Waals surface area (Å²) in [7, 11) is 1.63. The Morgan fingerprint density at radius 3 is 2.10 bits per heavy atom. The van der Waals surface area contributed by atoms with E-state index in [1.165, 1.54) is 0 Å². The number of methoxy groups -OCH3 is 1. The number of ether oxygens (including phenoxy) is 2. The minimum Gasteiger partial charge on any atom is 0 e. The molecule has 1 aliphatic carbocycles. The summed E-state index contributed by atoms with van der Waals surface area (Å²) in [6.45, 7) is 14.0. The molecular formula is C13H12FeO6. The van der Waals surface area contributed by atoms with Crippen LogP contribution in [0.2, 0.25) is 0 Å². The molecule has 0 aromatic heterocycles. The zero-order valence-electron chi connectivity index (χ0n) is 10.7. The van der Waals surface area contributed by atoms with E-state index in [1.54, 1.807) is 7.11 Å². The molecule has 0 saturated carbocycles. The molecule has 1 fully saturated rings. The van der Waals surface area contributed by atoms with Crippen LogP contribution in [0.1, 0.15) is 12.8 Å². The Hall–Kier alpha value is -1.51. The summed E-state index contributed by atoms with van der Waals surface area (Å²) < 4.78 is 32.5. The standard InChI is InChI=1S/C10H12O3.3CO.Fe/c1-12-8-2-4-10(5-3-8)6-7-13-9(10)11;3*1-2;/h2-4H,5-7H2,1H3;;;;. The molecule has 1 atom stereocenters. The van der Waals surface area contributed by atoms with Gasteiger partial charge in [0.2, 0.25) is 0 Å². The third-order valence-electron chi connectivity index (χ3n) is 2.66. The van der Waals surface area contributed by atoms with Gasteiger partial charge in [0, 0.05) is 23.5 Å². The van der Waals surface area contributed by atoms with Gasteiger partial charge < -0.3 is 9.47 Å². The fraction of sp³-hybridized carbons (Fsp3) is 0.385. The average Bonchev–Trinajstić information content (AvgIpc) is 2.87. The van der Waals surface area contributed by atoms with Gasteiger partial charge in [-0.15, -0.1) is 0 Å². The third kappa shape index (κ3) is 6.09.